The fraction of sp³-hybridized carbons (Fsp3) is 0.227. The van der Waals surface area contributed by atoms with Crippen LogP contribution in [0.25, 0.3) is 21.8 Å². The lowest BCUT2D eigenvalue weighted by Gasteiger charge is -2.37. The molecule has 2 aromatic carbocycles. The second-order valence-electron chi connectivity index (χ2n) is 7.24. The van der Waals surface area contributed by atoms with Crippen LogP contribution in [0, 0.1) is 0 Å². The molecule has 152 valence electrons. The number of carbonyl (C=O) groups excluding carboxylic acids is 1. The molecule has 0 saturated carbocycles. The first kappa shape index (κ1) is 18.9. The highest BCUT2D eigenvalue weighted by Crippen LogP contribution is 2.33. The molecule has 0 N–H and O–H groups in total. The molecule has 4 aromatic rings. The van der Waals surface area contributed by atoms with Crippen LogP contribution in [-0.2, 0) is 0 Å². The molecule has 0 radical (unpaired) electrons. The number of fused-ring (bicyclic) bond motifs is 2. The number of likely N-dealkylation sites (tertiary alicyclic amines) is 1. The minimum absolute atomic E-state index is 0.0386. The second-order valence-corrected chi connectivity index (χ2v) is 8.01. The molecule has 8 heteroatoms. The SMILES string of the molecule is O=C(c1snc2ccccc12)N1CCC(F)(F)C(Oc2ccc3ccccc3n2)C1. The number of aromatic nitrogens is 2. The van der Waals surface area contributed by atoms with Crippen LogP contribution in [0.2, 0.25) is 0 Å². The third kappa shape index (κ3) is 3.37. The van der Waals surface area contributed by atoms with Crippen LogP contribution in [-0.4, -0.2) is 45.3 Å². The minimum Gasteiger partial charge on any atom is -0.466 e. The summed E-state index contributed by atoms with van der Waals surface area (Å²) in [6.07, 6.45) is -1.93. The van der Waals surface area contributed by atoms with Gasteiger partial charge in [0.05, 0.1) is 17.6 Å². The van der Waals surface area contributed by atoms with Crippen molar-refractivity contribution in [2.24, 2.45) is 0 Å². The van der Waals surface area contributed by atoms with Gasteiger partial charge in [-0.1, -0.05) is 36.4 Å². The Morgan fingerprint density at radius 3 is 2.70 bits per heavy atom. The second kappa shape index (κ2) is 7.28. The molecule has 1 amide bonds. The Morgan fingerprint density at radius 2 is 1.83 bits per heavy atom. The number of alkyl halides is 2. The van der Waals surface area contributed by atoms with Crippen LogP contribution in [0.1, 0.15) is 16.1 Å². The van der Waals surface area contributed by atoms with Crippen LogP contribution in [0.3, 0.4) is 0 Å². The molecule has 1 unspecified atom stereocenters. The van der Waals surface area contributed by atoms with E-state index in [1.165, 1.54) is 4.90 Å². The molecule has 0 aliphatic carbocycles. The topological polar surface area (TPSA) is 55.3 Å². The molecule has 1 aliphatic heterocycles. The summed E-state index contributed by atoms with van der Waals surface area (Å²) in [6, 6.07) is 18.1. The van der Waals surface area contributed by atoms with E-state index in [9.17, 15) is 13.6 Å². The average molecular weight is 425 g/mol. The first-order valence-corrected chi connectivity index (χ1v) is 10.3. The average Bonchev–Trinajstić information content (AvgIpc) is 3.19. The maximum atomic E-state index is 14.6. The number of carbonyl (C=O) groups is 1. The maximum absolute atomic E-state index is 14.6. The molecule has 1 saturated heterocycles. The number of nitrogens with zero attached hydrogens (tertiary/aromatic N) is 3. The molecule has 5 nitrogen and oxygen atoms in total. The van der Waals surface area contributed by atoms with Crippen molar-refractivity contribution in [1.82, 2.24) is 14.3 Å². The van der Waals surface area contributed by atoms with Gasteiger partial charge in [-0.15, -0.1) is 0 Å². The first-order valence-electron chi connectivity index (χ1n) is 9.55. The molecular formula is C22H17F2N3O2S. The van der Waals surface area contributed by atoms with Gasteiger partial charge < -0.3 is 9.64 Å². The van der Waals surface area contributed by atoms with E-state index in [4.69, 9.17) is 4.74 Å². The Morgan fingerprint density at radius 1 is 1.07 bits per heavy atom. The molecule has 5 rings (SSSR count). The van der Waals surface area contributed by atoms with Crippen molar-refractivity contribution >= 4 is 39.2 Å². The maximum Gasteiger partial charge on any atom is 0.287 e. The predicted octanol–water partition coefficient (Wildman–Crippen LogP) is 4.77. The van der Waals surface area contributed by atoms with Gasteiger partial charge in [-0.3, -0.25) is 4.79 Å². The van der Waals surface area contributed by atoms with Gasteiger partial charge in [0.15, 0.2) is 6.10 Å². The van der Waals surface area contributed by atoms with Crippen LogP contribution in [0.4, 0.5) is 8.78 Å². The van der Waals surface area contributed by atoms with Gasteiger partial charge in [-0.25, -0.2) is 13.8 Å². The summed E-state index contributed by atoms with van der Waals surface area (Å²) in [5, 5.41) is 1.63. The van der Waals surface area contributed by atoms with E-state index in [1.54, 1.807) is 18.2 Å². The number of hydrogen-bond acceptors (Lipinski definition) is 5. The van der Waals surface area contributed by atoms with E-state index < -0.39 is 18.4 Å². The van der Waals surface area contributed by atoms with Crippen molar-refractivity contribution in [1.29, 1.82) is 0 Å². The van der Waals surface area contributed by atoms with Crippen molar-refractivity contribution < 1.29 is 18.3 Å². The number of pyridine rings is 1. The van der Waals surface area contributed by atoms with Crippen LogP contribution >= 0.6 is 11.5 Å². The Hall–Kier alpha value is -3.13. The number of ether oxygens (including phenoxy) is 1. The predicted molar refractivity (Wildman–Crippen MR) is 111 cm³/mol. The lowest BCUT2D eigenvalue weighted by Crippen LogP contribution is -2.55. The zero-order valence-electron chi connectivity index (χ0n) is 15.8. The van der Waals surface area contributed by atoms with Crippen molar-refractivity contribution in [2.45, 2.75) is 18.4 Å². The van der Waals surface area contributed by atoms with Crippen molar-refractivity contribution in [3.8, 4) is 5.88 Å². The van der Waals surface area contributed by atoms with Crippen LogP contribution in [0.15, 0.2) is 60.7 Å². The molecular weight excluding hydrogens is 408 g/mol. The van der Waals surface area contributed by atoms with E-state index in [2.05, 4.69) is 9.36 Å². The molecule has 0 spiro atoms. The standard InChI is InChI=1S/C22H17F2N3O2S/c23-22(24)11-12-27(21(28)20-15-6-2-4-8-17(15)26-30-20)13-18(22)29-19-10-9-14-5-1-3-7-16(14)25-19/h1-10,18H,11-13H2. The number of para-hydroxylation sites is 1. The van der Waals surface area contributed by atoms with E-state index in [0.717, 1.165) is 27.8 Å². The van der Waals surface area contributed by atoms with E-state index in [1.807, 2.05) is 42.5 Å². The zero-order valence-corrected chi connectivity index (χ0v) is 16.6. The molecule has 1 aliphatic rings. The van der Waals surface area contributed by atoms with Gasteiger partial charge >= 0.3 is 0 Å². The fourth-order valence-corrected chi connectivity index (χ4v) is 4.45. The third-order valence-electron chi connectivity index (χ3n) is 5.27. The van der Waals surface area contributed by atoms with Crippen molar-refractivity contribution in [2.75, 3.05) is 13.1 Å². The highest BCUT2D eigenvalue weighted by molar-refractivity contribution is 7.09. The Labute approximate surface area is 175 Å². The molecule has 1 fully saturated rings. The smallest absolute Gasteiger partial charge is 0.287 e. The summed E-state index contributed by atoms with van der Waals surface area (Å²) >= 11 is 1.09. The molecule has 3 heterocycles. The summed E-state index contributed by atoms with van der Waals surface area (Å²) in [6.45, 7) is -0.254. The highest BCUT2D eigenvalue weighted by Gasteiger charge is 2.47. The molecule has 30 heavy (non-hydrogen) atoms. The van der Waals surface area contributed by atoms with Gasteiger partial charge in [0.2, 0.25) is 5.88 Å². The van der Waals surface area contributed by atoms with E-state index in [0.29, 0.717) is 10.4 Å². The largest absolute Gasteiger partial charge is 0.466 e. The zero-order chi connectivity index (χ0) is 20.7. The fourth-order valence-electron chi connectivity index (χ4n) is 3.62. The number of amides is 1. The van der Waals surface area contributed by atoms with E-state index in [-0.39, 0.29) is 24.9 Å². The minimum atomic E-state index is -3.06. The lowest BCUT2D eigenvalue weighted by atomic mass is 10.0. The molecule has 2 aromatic heterocycles. The Balaban J connectivity index is 1.39. The Bertz CT molecular complexity index is 1240. The van der Waals surface area contributed by atoms with Gasteiger partial charge in [0.1, 0.15) is 4.88 Å². The quantitative estimate of drug-likeness (QED) is 0.474. The monoisotopic (exact) mass is 425 g/mol. The highest BCUT2D eigenvalue weighted by atomic mass is 32.1. The number of piperidine rings is 1. The van der Waals surface area contributed by atoms with Crippen LogP contribution in [0.5, 0.6) is 5.88 Å². The third-order valence-corrected chi connectivity index (χ3v) is 6.14. The summed E-state index contributed by atoms with van der Waals surface area (Å²) in [4.78, 5) is 19.2. The van der Waals surface area contributed by atoms with Crippen molar-refractivity contribution in [3.63, 3.8) is 0 Å². The molecule has 0 bridgehead atoms. The van der Waals surface area contributed by atoms with Crippen LogP contribution < -0.4 is 4.74 Å². The number of halogens is 2. The summed E-state index contributed by atoms with van der Waals surface area (Å²) < 4.78 is 39.1. The summed E-state index contributed by atoms with van der Waals surface area (Å²) in [5.41, 5.74) is 1.39. The van der Waals surface area contributed by atoms with Gasteiger partial charge in [-0.2, -0.15) is 4.37 Å². The number of hydrogen-bond donors (Lipinski definition) is 0. The number of rotatable bonds is 3. The number of benzene rings is 2. The van der Waals surface area contributed by atoms with Gasteiger partial charge in [-0.05, 0) is 29.7 Å². The first-order chi connectivity index (χ1) is 14.5. The molecule has 1 atom stereocenters. The van der Waals surface area contributed by atoms with Gasteiger partial charge in [0, 0.05) is 29.8 Å². The van der Waals surface area contributed by atoms with E-state index >= 15 is 0 Å². The Kier molecular flexibility index (Phi) is 4.58. The van der Waals surface area contributed by atoms with Gasteiger partial charge in [0.25, 0.3) is 11.8 Å². The van der Waals surface area contributed by atoms with Crippen molar-refractivity contribution in [3.05, 3.63) is 65.5 Å². The summed E-state index contributed by atoms with van der Waals surface area (Å²) in [5.74, 6) is -3.24. The normalized spacial score (nSPS) is 18.6. The summed E-state index contributed by atoms with van der Waals surface area (Å²) in [7, 11) is 0. The lowest BCUT2D eigenvalue weighted by molar-refractivity contribution is -0.131.